The van der Waals surface area contributed by atoms with Gasteiger partial charge in [0, 0.05) is 6.92 Å². The van der Waals surface area contributed by atoms with Gasteiger partial charge in [-0.05, 0) is 27.9 Å². The van der Waals surface area contributed by atoms with Gasteiger partial charge in [0.05, 0.1) is 13.7 Å². The second-order valence-corrected chi connectivity index (χ2v) is 13.6. The van der Waals surface area contributed by atoms with Gasteiger partial charge in [-0.25, -0.2) is 0 Å². The molecule has 32 heavy (non-hydrogen) atoms. The second-order valence-electron chi connectivity index (χ2n) is 9.26. The van der Waals surface area contributed by atoms with E-state index in [1.807, 2.05) is 42.5 Å². The maximum atomic E-state index is 13.0. The second kappa shape index (κ2) is 9.43. The Morgan fingerprint density at radius 3 is 1.97 bits per heavy atom. The lowest BCUT2D eigenvalue weighted by atomic mass is 9.84. The van der Waals surface area contributed by atoms with Crippen LogP contribution in [0.1, 0.15) is 34.1 Å². The summed E-state index contributed by atoms with van der Waals surface area (Å²) in [4.78, 5) is 24.8. The zero-order valence-corrected chi connectivity index (χ0v) is 20.5. The molecular weight excluding hydrogens is 420 g/mol. The van der Waals surface area contributed by atoms with Gasteiger partial charge in [0.15, 0.2) is 0 Å². The third-order valence-corrected chi connectivity index (χ3v) is 11.2. The molecule has 6 heteroatoms. The van der Waals surface area contributed by atoms with E-state index in [1.165, 1.54) is 14.0 Å². The number of carbonyl (C=O) groups excluding carboxylic acids is 2. The van der Waals surface area contributed by atoms with Crippen LogP contribution >= 0.6 is 0 Å². The quantitative estimate of drug-likeness (QED) is 0.365. The number of hydrogen-bond acceptors (Lipinski definition) is 5. The highest BCUT2D eigenvalue weighted by Crippen LogP contribution is 2.42. The first-order valence-electron chi connectivity index (χ1n) is 10.8. The highest BCUT2D eigenvalue weighted by molar-refractivity contribution is 6.99. The van der Waals surface area contributed by atoms with Gasteiger partial charge < -0.3 is 13.9 Å². The lowest BCUT2D eigenvalue weighted by Gasteiger charge is -2.45. The lowest BCUT2D eigenvalue weighted by molar-refractivity contribution is -0.168. The summed E-state index contributed by atoms with van der Waals surface area (Å²) in [6.45, 7) is 7.97. The minimum atomic E-state index is -2.87. The Morgan fingerprint density at radius 2 is 1.53 bits per heavy atom. The zero-order chi connectivity index (χ0) is 23.4. The molecule has 0 bridgehead atoms. The fourth-order valence-electron chi connectivity index (χ4n) is 4.63. The van der Waals surface area contributed by atoms with Gasteiger partial charge in [-0.1, -0.05) is 87.5 Å². The number of carbonyl (C=O) groups is 2. The molecule has 0 unspecified atom stereocenters. The van der Waals surface area contributed by atoms with Crippen molar-refractivity contribution in [1.29, 1.82) is 0 Å². The monoisotopic (exact) mass is 452 g/mol. The standard InChI is InChI=1S/C26H32O5Si/c1-20(27)31-23-17-12-18-26(23,24(28)29-5)19-30-32(25(2,3)4,21-13-8-6-9-14-21)22-15-10-7-11-16-22/h6-17,23H,18-19H2,1-5H3/t23-,26-/m1/s1. The highest BCUT2D eigenvalue weighted by Gasteiger charge is 2.55. The molecule has 0 radical (unpaired) electrons. The predicted molar refractivity (Wildman–Crippen MR) is 127 cm³/mol. The Morgan fingerprint density at radius 1 is 1.00 bits per heavy atom. The lowest BCUT2D eigenvalue weighted by Crippen LogP contribution is -2.68. The molecule has 0 amide bonds. The minimum Gasteiger partial charge on any atom is -0.468 e. The van der Waals surface area contributed by atoms with Crippen LogP contribution in [0.2, 0.25) is 5.04 Å². The summed E-state index contributed by atoms with van der Waals surface area (Å²) in [5, 5.41) is 2.00. The Balaban J connectivity index is 2.12. The molecule has 3 rings (SSSR count). The van der Waals surface area contributed by atoms with Crippen molar-refractivity contribution in [3.05, 3.63) is 72.8 Å². The van der Waals surface area contributed by atoms with Gasteiger partial charge in [-0.3, -0.25) is 9.59 Å². The van der Waals surface area contributed by atoms with E-state index in [-0.39, 0.29) is 11.6 Å². The fraction of sp³-hybridized carbons (Fsp3) is 0.385. The molecule has 0 heterocycles. The molecule has 0 fully saturated rings. The average Bonchev–Trinajstić information content (AvgIpc) is 3.17. The van der Waals surface area contributed by atoms with E-state index in [0.717, 1.165) is 10.4 Å². The van der Waals surface area contributed by atoms with Gasteiger partial charge in [0.25, 0.3) is 8.32 Å². The van der Waals surface area contributed by atoms with Crippen LogP contribution in [0.5, 0.6) is 0 Å². The van der Waals surface area contributed by atoms with Crippen molar-refractivity contribution in [3.8, 4) is 0 Å². The Kier molecular flexibility index (Phi) is 7.05. The van der Waals surface area contributed by atoms with Crippen molar-refractivity contribution in [1.82, 2.24) is 0 Å². The van der Waals surface area contributed by atoms with Crippen LogP contribution in [-0.2, 0) is 23.5 Å². The van der Waals surface area contributed by atoms with E-state index >= 15 is 0 Å². The summed E-state index contributed by atoms with van der Waals surface area (Å²) in [7, 11) is -1.51. The van der Waals surface area contributed by atoms with Gasteiger partial charge in [0.2, 0.25) is 0 Å². The van der Waals surface area contributed by atoms with Crippen molar-refractivity contribution in [2.75, 3.05) is 13.7 Å². The van der Waals surface area contributed by atoms with E-state index < -0.39 is 31.8 Å². The van der Waals surface area contributed by atoms with Crippen LogP contribution in [0.15, 0.2) is 72.8 Å². The normalized spacial score (nSPS) is 20.7. The van der Waals surface area contributed by atoms with Crippen molar-refractivity contribution in [2.24, 2.45) is 5.41 Å². The van der Waals surface area contributed by atoms with Crippen LogP contribution in [-0.4, -0.2) is 40.1 Å². The Bertz CT molecular complexity index is 925. The first-order chi connectivity index (χ1) is 15.2. The number of hydrogen-bond donors (Lipinski definition) is 0. The molecule has 0 N–H and O–H groups in total. The van der Waals surface area contributed by atoms with Crippen LogP contribution in [0, 0.1) is 5.41 Å². The van der Waals surface area contributed by atoms with Crippen molar-refractivity contribution < 1.29 is 23.5 Å². The largest absolute Gasteiger partial charge is 0.468 e. The summed E-state index contributed by atoms with van der Waals surface area (Å²) in [6, 6.07) is 20.5. The summed E-state index contributed by atoms with van der Waals surface area (Å²) < 4.78 is 17.7. The van der Waals surface area contributed by atoms with Gasteiger partial charge in [-0.2, -0.15) is 0 Å². The maximum Gasteiger partial charge on any atom is 0.318 e. The number of benzene rings is 2. The minimum absolute atomic E-state index is 0.0813. The summed E-state index contributed by atoms with van der Waals surface area (Å²) in [5.41, 5.74) is -1.12. The van der Waals surface area contributed by atoms with Crippen molar-refractivity contribution in [3.63, 3.8) is 0 Å². The van der Waals surface area contributed by atoms with E-state index in [4.69, 9.17) is 13.9 Å². The smallest absolute Gasteiger partial charge is 0.318 e. The van der Waals surface area contributed by atoms with Crippen LogP contribution in [0.3, 0.4) is 0 Å². The van der Waals surface area contributed by atoms with Crippen molar-refractivity contribution in [2.45, 2.75) is 45.3 Å². The van der Waals surface area contributed by atoms with Gasteiger partial charge in [-0.15, -0.1) is 0 Å². The molecule has 2 atom stereocenters. The number of esters is 2. The Labute approximate surface area is 191 Å². The zero-order valence-electron chi connectivity index (χ0n) is 19.5. The van der Waals surface area contributed by atoms with Crippen molar-refractivity contribution >= 4 is 30.6 Å². The molecular formula is C26H32O5Si. The first-order valence-corrected chi connectivity index (χ1v) is 12.8. The molecule has 0 aromatic heterocycles. The summed E-state index contributed by atoms with van der Waals surface area (Å²) in [6.07, 6.45) is 3.27. The number of methoxy groups -OCH3 is 1. The van der Waals surface area contributed by atoms with E-state index in [2.05, 4.69) is 45.0 Å². The third-order valence-electron chi connectivity index (χ3n) is 6.19. The SMILES string of the molecule is COC(=O)[C@@]1(CO[Si](c2ccccc2)(c2ccccc2)C(C)(C)C)CC=C[C@H]1OC(C)=O. The fourth-order valence-corrected chi connectivity index (χ4v) is 9.26. The van der Waals surface area contributed by atoms with Gasteiger partial charge >= 0.3 is 11.9 Å². The molecule has 2 aromatic rings. The predicted octanol–water partition coefficient (Wildman–Crippen LogP) is 3.61. The summed E-state index contributed by atoms with van der Waals surface area (Å²) in [5.74, 6) is -0.882. The molecule has 5 nitrogen and oxygen atoms in total. The molecule has 0 saturated carbocycles. The molecule has 2 aromatic carbocycles. The number of ether oxygens (including phenoxy) is 2. The van der Waals surface area contributed by atoms with E-state index in [0.29, 0.717) is 6.42 Å². The third kappa shape index (κ3) is 4.29. The number of allylic oxidation sites excluding steroid dienone is 1. The molecule has 1 aliphatic rings. The summed E-state index contributed by atoms with van der Waals surface area (Å²) >= 11 is 0. The molecule has 1 aliphatic carbocycles. The van der Waals surface area contributed by atoms with Crippen LogP contribution in [0.4, 0.5) is 0 Å². The highest BCUT2D eigenvalue weighted by atomic mass is 28.4. The average molecular weight is 453 g/mol. The topological polar surface area (TPSA) is 61.8 Å². The van der Waals surface area contributed by atoms with Gasteiger partial charge in [0.1, 0.15) is 11.5 Å². The van der Waals surface area contributed by atoms with E-state index in [9.17, 15) is 9.59 Å². The number of rotatable bonds is 7. The maximum absolute atomic E-state index is 13.0. The molecule has 170 valence electrons. The molecule has 0 saturated heterocycles. The van der Waals surface area contributed by atoms with Crippen LogP contribution in [0.25, 0.3) is 0 Å². The van der Waals surface area contributed by atoms with E-state index in [1.54, 1.807) is 6.08 Å². The first kappa shape index (κ1) is 23.9. The van der Waals surface area contributed by atoms with Crippen LogP contribution < -0.4 is 10.4 Å². The molecule has 0 aliphatic heterocycles. The molecule has 0 spiro atoms. The Hall–Kier alpha value is -2.70.